The van der Waals surface area contributed by atoms with Crippen LogP contribution in [0.15, 0.2) is 79.3 Å². The standard InChI is InChI=1S/C12H8F2N.2C10H7F3N3.Ir/c1-8-4-5-15-12(6-8)10-3-2-9(13)7-11(10)14;2*1-6-2-3-14-7(4-6)8-5-9(16-15-8)10(11,12)13;/h2,4-7H,1H3;2*2-5H,1H3;/q3*-1;+3. The van der Waals surface area contributed by atoms with Gasteiger partial charge in [-0.1, -0.05) is 34.6 Å². The molecule has 6 aromatic rings. The predicted molar refractivity (Wildman–Crippen MR) is 154 cm³/mol. The van der Waals surface area contributed by atoms with E-state index >= 15 is 0 Å². The third-order valence-electron chi connectivity index (χ3n) is 6.04. The second-order valence-electron chi connectivity index (χ2n) is 9.92. The first-order valence-corrected chi connectivity index (χ1v) is 13.4. The topological polar surface area (TPSA) is 92.7 Å². The predicted octanol–water partition coefficient (Wildman–Crippen LogP) is 7.99. The van der Waals surface area contributed by atoms with Gasteiger partial charge in [0.2, 0.25) is 0 Å². The van der Waals surface area contributed by atoms with Crippen LogP contribution in [0.1, 0.15) is 28.1 Å². The summed E-state index contributed by atoms with van der Waals surface area (Å²) in [6, 6.07) is 16.6. The van der Waals surface area contributed by atoms with Gasteiger partial charge in [0.15, 0.2) is 0 Å². The fourth-order valence-electron chi connectivity index (χ4n) is 3.78. The molecule has 0 aliphatic heterocycles. The Balaban J connectivity index is 0.000000193. The molecule has 6 rings (SSSR count). The summed E-state index contributed by atoms with van der Waals surface area (Å²) in [5.74, 6) is -1.28. The Hall–Kier alpha value is -4.82. The number of rotatable bonds is 3. The number of benzene rings is 1. The van der Waals surface area contributed by atoms with Crippen molar-refractivity contribution in [3.8, 4) is 34.0 Å². The number of hydrogen-bond acceptors (Lipinski definition) is 5. The number of alkyl halides is 6. The molecule has 0 unspecified atom stereocenters. The van der Waals surface area contributed by atoms with Crippen LogP contribution in [0, 0.1) is 38.5 Å². The van der Waals surface area contributed by atoms with Crippen molar-refractivity contribution in [3.05, 3.63) is 125 Å². The first kappa shape index (κ1) is 37.6. The molecule has 5 aromatic heterocycles. The summed E-state index contributed by atoms with van der Waals surface area (Å²) in [4.78, 5) is 11.9. The van der Waals surface area contributed by atoms with Crippen molar-refractivity contribution in [1.29, 1.82) is 0 Å². The van der Waals surface area contributed by atoms with Gasteiger partial charge in [0.25, 0.3) is 0 Å². The van der Waals surface area contributed by atoms with Crippen LogP contribution >= 0.6 is 0 Å². The molecule has 0 N–H and O–H groups in total. The Bertz CT molecular complexity index is 1860. The van der Waals surface area contributed by atoms with Gasteiger partial charge >= 0.3 is 32.5 Å². The number of aromatic nitrogens is 7. The SMILES string of the molecule is Cc1ccnc(-c2[c-]cc(F)cc2F)c1.Cc1ccnc(-c2cc(C(F)(F)F)n[n-]2)c1.Cc1ccnc(-c2cc(C(F)(F)F)n[n-]2)c1.[Ir+3]. The molecular formula is C32H22F8IrN7. The zero-order chi connectivity index (χ0) is 34.4. The van der Waals surface area contributed by atoms with Gasteiger partial charge in [0.1, 0.15) is 11.4 Å². The smallest absolute Gasteiger partial charge is 0.573 e. The largest absolute Gasteiger partial charge is 3.00 e. The zero-order valence-electron chi connectivity index (χ0n) is 25.0. The van der Waals surface area contributed by atoms with Crippen LogP contribution in [0.25, 0.3) is 34.0 Å². The monoisotopic (exact) mass is 849 g/mol. The molecule has 7 nitrogen and oxygen atoms in total. The van der Waals surface area contributed by atoms with E-state index in [-0.39, 0.29) is 37.1 Å². The minimum atomic E-state index is -4.46. The molecule has 0 spiro atoms. The molecular weight excluding hydrogens is 827 g/mol. The fourth-order valence-corrected chi connectivity index (χ4v) is 3.78. The minimum absolute atomic E-state index is 0. The van der Waals surface area contributed by atoms with Crippen LogP contribution in [0.4, 0.5) is 35.1 Å². The van der Waals surface area contributed by atoms with Gasteiger partial charge < -0.3 is 25.4 Å². The Morgan fingerprint density at radius 2 is 0.979 bits per heavy atom. The summed E-state index contributed by atoms with van der Waals surface area (Å²) in [6.45, 7) is 5.53. The Morgan fingerprint density at radius 3 is 1.33 bits per heavy atom. The average Bonchev–Trinajstić information content (AvgIpc) is 3.69. The van der Waals surface area contributed by atoms with E-state index in [1.807, 2.05) is 26.8 Å². The van der Waals surface area contributed by atoms with Gasteiger partial charge in [-0.2, -0.15) is 26.3 Å². The number of nitrogens with zero attached hydrogens (tertiary/aromatic N) is 7. The van der Waals surface area contributed by atoms with Crippen LogP contribution in [0.3, 0.4) is 0 Å². The zero-order valence-corrected chi connectivity index (χ0v) is 27.4. The van der Waals surface area contributed by atoms with Crippen molar-refractivity contribution in [2.45, 2.75) is 33.1 Å². The van der Waals surface area contributed by atoms with Crippen molar-refractivity contribution >= 4 is 0 Å². The number of hydrogen-bond donors (Lipinski definition) is 0. The van der Waals surface area contributed by atoms with Gasteiger partial charge in [-0.15, -0.1) is 12.1 Å². The van der Waals surface area contributed by atoms with Crippen LogP contribution in [0.2, 0.25) is 0 Å². The quantitative estimate of drug-likeness (QED) is 0.132. The summed E-state index contributed by atoms with van der Waals surface area (Å²) < 4.78 is 99.6. The average molecular weight is 849 g/mol. The molecule has 0 saturated carbocycles. The van der Waals surface area contributed by atoms with Crippen LogP contribution in [0.5, 0.6) is 0 Å². The van der Waals surface area contributed by atoms with Crippen molar-refractivity contribution in [1.82, 2.24) is 35.3 Å². The Kier molecular flexibility index (Phi) is 12.4. The maximum absolute atomic E-state index is 13.4. The normalized spacial score (nSPS) is 11.1. The summed E-state index contributed by atoms with van der Waals surface area (Å²) in [7, 11) is 0. The molecule has 1 aromatic carbocycles. The van der Waals surface area contributed by atoms with Crippen LogP contribution in [-0.2, 0) is 32.5 Å². The number of pyridine rings is 3. The van der Waals surface area contributed by atoms with E-state index in [4.69, 9.17) is 0 Å². The molecule has 0 aliphatic rings. The summed E-state index contributed by atoms with van der Waals surface area (Å²) in [6.07, 6.45) is -4.30. The molecule has 0 atom stereocenters. The van der Waals surface area contributed by atoms with Gasteiger partial charge in [0.05, 0.1) is 0 Å². The van der Waals surface area contributed by atoms with Crippen molar-refractivity contribution in [3.63, 3.8) is 0 Å². The molecule has 0 radical (unpaired) electrons. The molecule has 48 heavy (non-hydrogen) atoms. The minimum Gasteiger partial charge on any atom is -0.573 e. The van der Waals surface area contributed by atoms with Gasteiger partial charge in [-0.3, -0.25) is 18.7 Å². The number of halogens is 8. The molecule has 16 heteroatoms. The van der Waals surface area contributed by atoms with Crippen LogP contribution in [-0.4, -0.2) is 25.1 Å². The maximum Gasteiger partial charge on any atom is 3.00 e. The van der Waals surface area contributed by atoms with E-state index in [9.17, 15) is 35.1 Å². The van der Waals surface area contributed by atoms with Gasteiger partial charge in [0, 0.05) is 41.6 Å². The van der Waals surface area contributed by atoms with Gasteiger partial charge in [-0.05, 0) is 80.1 Å². The first-order chi connectivity index (χ1) is 22.1. The molecule has 0 amide bonds. The summed E-state index contributed by atoms with van der Waals surface area (Å²) in [5, 5.41) is 13.1. The van der Waals surface area contributed by atoms with E-state index < -0.39 is 35.4 Å². The van der Waals surface area contributed by atoms with Crippen molar-refractivity contribution in [2.75, 3.05) is 0 Å². The van der Waals surface area contributed by atoms with Crippen molar-refractivity contribution < 1.29 is 55.2 Å². The second-order valence-corrected chi connectivity index (χ2v) is 9.92. The maximum atomic E-state index is 13.4. The van der Waals surface area contributed by atoms with E-state index in [2.05, 4.69) is 41.4 Å². The van der Waals surface area contributed by atoms with Gasteiger partial charge in [-0.25, -0.2) is 0 Å². The van der Waals surface area contributed by atoms with E-state index in [0.29, 0.717) is 17.1 Å². The molecule has 0 fully saturated rings. The third-order valence-corrected chi connectivity index (χ3v) is 6.04. The molecule has 0 aliphatic carbocycles. The second kappa shape index (κ2) is 15.8. The Labute approximate surface area is 282 Å². The first-order valence-electron chi connectivity index (χ1n) is 13.4. The fraction of sp³-hybridized carbons (Fsp3) is 0.156. The number of aryl methyl sites for hydroxylation is 3. The molecule has 0 saturated heterocycles. The Morgan fingerprint density at radius 1 is 0.583 bits per heavy atom. The summed E-state index contributed by atoms with van der Waals surface area (Å²) >= 11 is 0. The van der Waals surface area contributed by atoms with Crippen molar-refractivity contribution in [2.24, 2.45) is 0 Å². The molecule has 5 heterocycles. The van der Waals surface area contributed by atoms with E-state index in [0.717, 1.165) is 41.0 Å². The van der Waals surface area contributed by atoms with Crippen LogP contribution < -0.4 is 10.2 Å². The molecule has 0 bridgehead atoms. The third kappa shape index (κ3) is 10.3. The molecule has 250 valence electrons. The summed E-state index contributed by atoms with van der Waals surface area (Å²) in [5.41, 5.74) is 2.50. The van der Waals surface area contributed by atoms with E-state index in [1.54, 1.807) is 36.5 Å². The van der Waals surface area contributed by atoms with E-state index in [1.165, 1.54) is 12.4 Å².